The van der Waals surface area contributed by atoms with Crippen molar-refractivity contribution in [1.29, 1.82) is 0 Å². The molecular formula is C14H16ClN3O. The summed E-state index contributed by atoms with van der Waals surface area (Å²) in [7, 11) is 0. The summed E-state index contributed by atoms with van der Waals surface area (Å²) in [6.45, 7) is 4.59. The minimum Gasteiger partial charge on any atom is -0.351 e. The van der Waals surface area contributed by atoms with Crippen LogP contribution in [-0.4, -0.2) is 22.2 Å². The molecular weight excluding hydrogens is 262 g/mol. The van der Waals surface area contributed by atoms with Crippen molar-refractivity contribution in [1.82, 2.24) is 15.1 Å². The molecule has 0 aliphatic heterocycles. The van der Waals surface area contributed by atoms with Crippen LogP contribution in [0, 0.1) is 6.92 Å². The molecule has 0 atom stereocenters. The Kier molecular flexibility index (Phi) is 4.22. The number of rotatable bonds is 4. The van der Waals surface area contributed by atoms with Gasteiger partial charge in [0.25, 0.3) is 5.91 Å². The number of hydrogen-bond acceptors (Lipinski definition) is 2. The van der Waals surface area contributed by atoms with Gasteiger partial charge >= 0.3 is 0 Å². The standard InChI is InChI=1S/C14H16ClN3O/c1-3-8-16-14(19)13-9-10(2)18(17-13)12-6-4-11(15)5-7-12/h4-7,9H,3,8H2,1-2H3,(H,16,19). The monoisotopic (exact) mass is 277 g/mol. The Balaban J connectivity index is 2.26. The molecule has 1 aromatic heterocycles. The molecule has 2 rings (SSSR count). The summed E-state index contributed by atoms with van der Waals surface area (Å²) in [6.07, 6.45) is 0.905. The van der Waals surface area contributed by atoms with E-state index in [-0.39, 0.29) is 5.91 Å². The van der Waals surface area contributed by atoms with E-state index < -0.39 is 0 Å². The lowest BCUT2D eigenvalue weighted by molar-refractivity contribution is 0.0948. The summed E-state index contributed by atoms with van der Waals surface area (Å²) in [5, 5.41) is 7.81. The predicted octanol–water partition coefficient (Wildman–Crippen LogP) is 2.97. The van der Waals surface area contributed by atoms with Crippen LogP contribution in [0.3, 0.4) is 0 Å². The summed E-state index contributed by atoms with van der Waals surface area (Å²) in [5.41, 5.74) is 2.22. The van der Waals surface area contributed by atoms with E-state index >= 15 is 0 Å². The first-order chi connectivity index (χ1) is 9.11. The van der Waals surface area contributed by atoms with Gasteiger partial charge in [0.05, 0.1) is 5.69 Å². The third-order valence-corrected chi connectivity index (χ3v) is 2.98. The fourth-order valence-electron chi connectivity index (χ4n) is 1.76. The van der Waals surface area contributed by atoms with Gasteiger partial charge in [0.2, 0.25) is 0 Å². The van der Waals surface area contributed by atoms with Crippen LogP contribution in [0.25, 0.3) is 5.69 Å². The molecule has 5 heteroatoms. The molecule has 1 heterocycles. The van der Waals surface area contributed by atoms with E-state index in [4.69, 9.17) is 11.6 Å². The molecule has 0 aliphatic carbocycles. The summed E-state index contributed by atoms with van der Waals surface area (Å²) in [4.78, 5) is 11.8. The number of benzene rings is 1. The Morgan fingerprint density at radius 3 is 2.68 bits per heavy atom. The summed E-state index contributed by atoms with van der Waals surface area (Å²) >= 11 is 5.86. The highest BCUT2D eigenvalue weighted by Crippen LogP contribution is 2.15. The number of aromatic nitrogens is 2. The molecule has 0 fully saturated rings. The van der Waals surface area contributed by atoms with Gasteiger partial charge in [-0.15, -0.1) is 0 Å². The van der Waals surface area contributed by atoms with Gasteiger partial charge in [-0.05, 0) is 43.7 Å². The number of halogens is 1. The van der Waals surface area contributed by atoms with Crippen molar-refractivity contribution in [2.75, 3.05) is 6.54 Å². The number of hydrogen-bond donors (Lipinski definition) is 1. The number of amides is 1. The maximum Gasteiger partial charge on any atom is 0.271 e. The molecule has 1 amide bonds. The number of carbonyl (C=O) groups excluding carboxylic acids is 1. The van der Waals surface area contributed by atoms with E-state index in [1.54, 1.807) is 22.9 Å². The van der Waals surface area contributed by atoms with Gasteiger partial charge in [0.15, 0.2) is 5.69 Å². The summed E-state index contributed by atoms with van der Waals surface area (Å²) in [5.74, 6) is -0.141. The first-order valence-electron chi connectivity index (χ1n) is 6.22. The van der Waals surface area contributed by atoms with Crippen LogP contribution in [-0.2, 0) is 0 Å². The molecule has 0 bridgehead atoms. The summed E-state index contributed by atoms with van der Waals surface area (Å²) in [6, 6.07) is 9.12. The third-order valence-electron chi connectivity index (χ3n) is 2.73. The van der Waals surface area contributed by atoms with E-state index in [1.165, 1.54) is 0 Å². The Hall–Kier alpha value is -1.81. The molecule has 0 saturated carbocycles. The molecule has 2 aromatic rings. The Morgan fingerprint density at radius 2 is 2.05 bits per heavy atom. The molecule has 0 aliphatic rings. The van der Waals surface area contributed by atoms with Gasteiger partial charge in [-0.3, -0.25) is 4.79 Å². The zero-order valence-electron chi connectivity index (χ0n) is 11.0. The minimum atomic E-state index is -0.141. The van der Waals surface area contributed by atoms with Gasteiger partial charge in [-0.25, -0.2) is 4.68 Å². The van der Waals surface area contributed by atoms with Gasteiger partial charge in [0.1, 0.15) is 0 Å². The number of carbonyl (C=O) groups is 1. The molecule has 19 heavy (non-hydrogen) atoms. The van der Waals surface area contributed by atoms with Crippen molar-refractivity contribution >= 4 is 17.5 Å². The first-order valence-corrected chi connectivity index (χ1v) is 6.60. The van der Waals surface area contributed by atoms with Gasteiger partial charge in [-0.1, -0.05) is 18.5 Å². The van der Waals surface area contributed by atoms with Crippen LogP contribution in [0.4, 0.5) is 0 Å². The predicted molar refractivity (Wildman–Crippen MR) is 75.9 cm³/mol. The van der Waals surface area contributed by atoms with Gasteiger partial charge in [0, 0.05) is 17.3 Å². The fraction of sp³-hybridized carbons (Fsp3) is 0.286. The van der Waals surface area contributed by atoms with Crippen molar-refractivity contribution in [3.8, 4) is 5.69 Å². The average molecular weight is 278 g/mol. The average Bonchev–Trinajstić information content (AvgIpc) is 2.79. The Labute approximate surface area is 117 Å². The molecule has 0 unspecified atom stereocenters. The molecule has 0 saturated heterocycles. The molecule has 1 N–H and O–H groups in total. The smallest absolute Gasteiger partial charge is 0.271 e. The van der Waals surface area contributed by atoms with Crippen LogP contribution in [0.15, 0.2) is 30.3 Å². The normalized spacial score (nSPS) is 10.5. The second-order valence-electron chi connectivity index (χ2n) is 4.32. The van der Waals surface area contributed by atoms with Crippen molar-refractivity contribution in [2.24, 2.45) is 0 Å². The zero-order chi connectivity index (χ0) is 13.8. The van der Waals surface area contributed by atoms with Crippen molar-refractivity contribution in [2.45, 2.75) is 20.3 Å². The van der Waals surface area contributed by atoms with E-state index in [9.17, 15) is 4.79 Å². The van der Waals surface area contributed by atoms with Crippen molar-refractivity contribution in [3.05, 3.63) is 46.7 Å². The first kappa shape index (κ1) is 13.6. The maximum atomic E-state index is 11.8. The minimum absolute atomic E-state index is 0.141. The fourth-order valence-corrected chi connectivity index (χ4v) is 1.88. The van der Waals surface area contributed by atoms with Gasteiger partial charge < -0.3 is 5.32 Å². The summed E-state index contributed by atoms with van der Waals surface area (Å²) < 4.78 is 1.73. The highest BCUT2D eigenvalue weighted by Gasteiger charge is 2.12. The van der Waals surface area contributed by atoms with Crippen LogP contribution in [0.1, 0.15) is 29.5 Å². The highest BCUT2D eigenvalue weighted by atomic mass is 35.5. The lowest BCUT2D eigenvalue weighted by atomic mass is 10.3. The third kappa shape index (κ3) is 3.15. The topological polar surface area (TPSA) is 46.9 Å². The quantitative estimate of drug-likeness (QED) is 0.934. The number of aryl methyl sites for hydroxylation is 1. The van der Waals surface area contributed by atoms with Crippen molar-refractivity contribution < 1.29 is 4.79 Å². The second kappa shape index (κ2) is 5.89. The van der Waals surface area contributed by atoms with Crippen molar-refractivity contribution in [3.63, 3.8) is 0 Å². The second-order valence-corrected chi connectivity index (χ2v) is 4.75. The molecule has 1 aromatic carbocycles. The lowest BCUT2D eigenvalue weighted by Crippen LogP contribution is -2.24. The van der Waals surface area contributed by atoms with E-state index in [0.717, 1.165) is 17.8 Å². The SMILES string of the molecule is CCCNC(=O)c1cc(C)n(-c2ccc(Cl)cc2)n1. The van der Waals surface area contributed by atoms with Crippen LogP contribution in [0.2, 0.25) is 5.02 Å². The van der Waals surface area contributed by atoms with Crippen LogP contribution in [0.5, 0.6) is 0 Å². The van der Waals surface area contributed by atoms with Gasteiger partial charge in [-0.2, -0.15) is 5.10 Å². The van der Waals surface area contributed by atoms with E-state index in [0.29, 0.717) is 17.3 Å². The molecule has 0 spiro atoms. The number of nitrogens with one attached hydrogen (secondary N) is 1. The Bertz CT molecular complexity index is 575. The largest absolute Gasteiger partial charge is 0.351 e. The molecule has 0 radical (unpaired) electrons. The highest BCUT2D eigenvalue weighted by molar-refractivity contribution is 6.30. The maximum absolute atomic E-state index is 11.8. The van der Waals surface area contributed by atoms with Crippen LogP contribution < -0.4 is 5.32 Å². The molecule has 100 valence electrons. The van der Waals surface area contributed by atoms with Crippen LogP contribution >= 0.6 is 11.6 Å². The Morgan fingerprint density at radius 1 is 1.37 bits per heavy atom. The molecule has 4 nitrogen and oxygen atoms in total. The zero-order valence-corrected chi connectivity index (χ0v) is 11.7. The van der Waals surface area contributed by atoms with E-state index in [2.05, 4.69) is 10.4 Å². The lowest BCUT2D eigenvalue weighted by Gasteiger charge is -2.04. The number of nitrogens with zero attached hydrogens (tertiary/aromatic N) is 2. The van der Waals surface area contributed by atoms with E-state index in [1.807, 2.05) is 26.0 Å².